The summed E-state index contributed by atoms with van der Waals surface area (Å²) >= 11 is 1.61. The maximum absolute atomic E-state index is 13.1. The molecular formula is C20H21N3O3S. The summed E-state index contributed by atoms with van der Waals surface area (Å²) in [5.41, 5.74) is 1.96. The Hall–Kier alpha value is -2.25. The van der Waals surface area contributed by atoms with Crippen molar-refractivity contribution in [3.05, 3.63) is 44.7 Å². The van der Waals surface area contributed by atoms with Gasteiger partial charge in [-0.3, -0.25) is 14.0 Å². The number of aryl methyl sites for hydroxylation is 2. The van der Waals surface area contributed by atoms with Crippen LogP contribution >= 0.6 is 11.3 Å². The highest BCUT2D eigenvalue weighted by Crippen LogP contribution is 2.34. The fourth-order valence-corrected chi connectivity index (χ4v) is 5.38. The van der Waals surface area contributed by atoms with Crippen LogP contribution in [0.5, 0.6) is 0 Å². The third-order valence-corrected chi connectivity index (χ3v) is 6.70. The first-order valence-electron chi connectivity index (χ1n) is 9.58. The Kier molecular flexibility index (Phi) is 4.21. The Morgan fingerprint density at radius 3 is 3.07 bits per heavy atom. The molecule has 140 valence electrons. The lowest BCUT2D eigenvalue weighted by Crippen LogP contribution is -2.32. The largest absolute Gasteiger partial charge is 0.376 e. The van der Waals surface area contributed by atoms with E-state index < -0.39 is 0 Å². The third kappa shape index (κ3) is 2.85. The molecule has 1 aliphatic heterocycles. The van der Waals surface area contributed by atoms with Crippen LogP contribution in [0.1, 0.15) is 46.5 Å². The summed E-state index contributed by atoms with van der Waals surface area (Å²) in [6.45, 7) is 1.24. The quantitative estimate of drug-likeness (QED) is 0.755. The van der Waals surface area contributed by atoms with Gasteiger partial charge in [0.2, 0.25) is 0 Å². The molecule has 1 aliphatic carbocycles. The fourth-order valence-electron chi connectivity index (χ4n) is 4.13. The topological polar surface area (TPSA) is 72.7 Å². The number of nitrogens with zero attached hydrogens (tertiary/aromatic N) is 2. The van der Waals surface area contributed by atoms with E-state index in [1.807, 2.05) is 0 Å². The summed E-state index contributed by atoms with van der Waals surface area (Å²) in [5, 5.41) is 3.67. The second-order valence-corrected chi connectivity index (χ2v) is 8.35. The predicted octanol–water partition coefficient (Wildman–Crippen LogP) is 2.70. The molecule has 7 heteroatoms. The van der Waals surface area contributed by atoms with Crippen LogP contribution < -0.4 is 10.9 Å². The number of ether oxygens (including phenoxy) is 1. The predicted molar refractivity (Wildman–Crippen MR) is 105 cm³/mol. The number of carbonyl (C=O) groups excluding carboxylic acids is 1. The van der Waals surface area contributed by atoms with Crippen LogP contribution in [-0.4, -0.2) is 34.5 Å². The highest BCUT2D eigenvalue weighted by molar-refractivity contribution is 7.18. The summed E-state index contributed by atoms with van der Waals surface area (Å²) in [7, 11) is 0. The van der Waals surface area contributed by atoms with Crippen LogP contribution in [0.2, 0.25) is 0 Å². The zero-order valence-corrected chi connectivity index (χ0v) is 15.8. The van der Waals surface area contributed by atoms with E-state index in [1.165, 1.54) is 14.8 Å². The Morgan fingerprint density at radius 2 is 2.22 bits per heavy atom. The van der Waals surface area contributed by atoms with E-state index in [4.69, 9.17) is 9.72 Å². The van der Waals surface area contributed by atoms with Crippen molar-refractivity contribution in [1.82, 2.24) is 14.7 Å². The Labute approximate surface area is 160 Å². The molecule has 0 aromatic carbocycles. The highest BCUT2D eigenvalue weighted by atomic mass is 32.1. The smallest absolute Gasteiger partial charge is 0.266 e. The van der Waals surface area contributed by atoms with Crippen molar-refractivity contribution >= 4 is 33.1 Å². The van der Waals surface area contributed by atoms with Gasteiger partial charge in [0.05, 0.1) is 17.1 Å². The molecule has 6 nitrogen and oxygen atoms in total. The zero-order chi connectivity index (χ0) is 18.4. The van der Waals surface area contributed by atoms with Gasteiger partial charge < -0.3 is 10.1 Å². The molecule has 2 aliphatic rings. The van der Waals surface area contributed by atoms with Crippen LogP contribution in [0.25, 0.3) is 15.9 Å². The van der Waals surface area contributed by atoms with Gasteiger partial charge in [0.25, 0.3) is 11.5 Å². The average molecular weight is 383 g/mol. The van der Waals surface area contributed by atoms with Crippen LogP contribution in [-0.2, 0) is 17.6 Å². The Bertz CT molecular complexity index is 1100. The monoisotopic (exact) mass is 383 g/mol. The first-order chi connectivity index (χ1) is 13.2. The van der Waals surface area contributed by atoms with Crippen LogP contribution in [0.15, 0.2) is 23.1 Å². The van der Waals surface area contributed by atoms with E-state index in [0.717, 1.165) is 55.3 Å². The van der Waals surface area contributed by atoms with Gasteiger partial charge in [-0.05, 0) is 56.2 Å². The third-order valence-electron chi connectivity index (χ3n) is 5.52. The lowest BCUT2D eigenvalue weighted by Gasteiger charge is -2.12. The summed E-state index contributed by atoms with van der Waals surface area (Å²) in [5.74, 6) is -0.212. The van der Waals surface area contributed by atoms with Crippen molar-refractivity contribution in [2.75, 3.05) is 13.2 Å². The molecule has 1 saturated heterocycles. The summed E-state index contributed by atoms with van der Waals surface area (Å²) in [6.07, 6.45) is 8.03. The number of rotatable bonds is 3. The van der Waals surface area contributed by atoms with Crippen LogP contribution in [0, 0.1) is 0 Å². The SMILES string of the molecule is O=C(NC[C@@H]1CCCO1)c1cccn2c(=O)c3c4c(sc3nc12)CCCC4. The maximum Gasteiger partial charge on any atom is 0.266 e. The van der Waals surface area contributed by atoms with Gasteiger partial charge in [0, 0.05) is 24.2 Å². The van der Waals surface area contributed by atoms with Crippen molar-refractivity contribution in [3.63, 3.8) is 0 Å². The highest BCUT2D eigenvalue weighted by Gasteiger charge is 2.23. The lowest BCUT2D eigenvalue weighted by molar-refractivity contribution is 0.0858. The number of pyridine rings is 1. The average Bonchev–Trinajstić information content (AvgIpc) is 3.33. The van der Waals surface area contributed by atoms with Crippen molar-refractivity contribution in [3.8, 4) is 0 Å². The Morgan fingerprint density at radius 1 is 1.33 bits per heavy atom. The van der Waals surface area contributed by atoms with Crippen LogP contribution in [0.3, 0.4) is 0 Å². The molecule has 0 radical (unpaired) electrons. The first-order valence-corrected chi connectivity index (χ1v) is 10.4. The van der Waals surface area contributed by atoms with Gasteiger partial charge in [0.15, 0.2) is 5.65 Å². The van der Waals surface area contributed by atoms with Crippen molar-refractivity contribution < 1.29 is 9.53 Å². The number of fused-ring (bicyclic) bond motifs is 4. The first kappa shape index (κ1) is 16.9. The molecule has 3 aromatic rings. The number of hydrogen-bond donors (Lipinski definition) is 1. The molecule has 1 N–H and O–H groups in total. The van der Waals surface area contributed by atoms with Gasteiger partial charge in [-0.25, -0.2) is 4.98 Å². The van der Waals surface area contributed by atoms with Gasteiger partial charge in [-0.15, -0.1) is 11.3 Å². The fraction of sp³-hybridized carbons (Fsp3) is 0.450. The minimum Gasteiger partial charge on any atom is -0.376 e. The number of amides is 1. The molecule has 3 aromatic heterocycles. The van der Waals surface area contributed by atoms with Crippen molar-refractivity contribution in [2.45, 2.75) is 44.6 Å². The zero-order valence-electron chi connectivity index (χ0n) is 15.0. The standard InChI is InChI=1S/C20H21N3O3S/c24-18(21-11-12-5-4-10-26-12)14-7-3-9-23-17(14)22-19-16(20(23)25)13-6-1-2-8-15(13)27-19/h3,7,9,12H,1-2,4-6,8,10-11H2,(H,21,24)/t12-/m0/s1. The molecule has 1 fully saturated rings. The molecule has 0 spiro atoms. The van der Waals surface area contributed by atoms with E-state index in [-0.39, 0.29) is 17.6 Å². The second kappa shape index (κ2) is 6.73. The maximum atomic E-state index is 13.1. The van der Waals surface area contributed by atoms with Crippen molar-refractivity contribution in [2.24, 2.45) is 0 Å². The lowest BCUT2D eigenvalue weighted by atomic mass is 9.97. The second-order valence-electron chi connectivity index (χ2n) is 7.27. The molecule has 27 heavy (non-hydrogen) atoms. The van der Waals surface area contributed by atoms with E-state index >= 15 is 0 Å². The van der Waals surface area contributed by atoms with Gasteiger partial charge >= 0.3 is 0 Å². The number of nitrogens with one attached hydrogen (secondary N) is 1. The molecule has 5 rings (SSSR count). The van der Waals surface area contributed by atoms with E-state index in [2.05, 4.69) is 5.32 Å². The number of thiophene rings is 1. The van der Waals surface area contributed by atoms with E-state index in [1.54, 1.807) is 29.7 Å². The number of carbonyl (C=O) groups is 1. The molecular weight excluding hydrogens is 362 g/mol. The molecule has 1 amide bonds. The molecule has 4 heterocycles. The van der Waals surface area contributed by atoms with E-state index in [0.29, 0.717) is 17.8 Å². The summed E-state index contributed by atoms with van der Waals surface area (Å²) in [6, 6.07) is 3.47. The molecule has 0 unspecified atom stereocenters. The van der Waals surface area contributed by atoms with Gasteiger partial charge in [-0.2, -0.15) is 0 Å². The Balaban J connectivity index is 1.58. The summed E-state index contributed by atoms with van der Waals surface area (Å²) in [4.78, 5) is 32.6. The molecule has 1 atom stereocenters. The van der Waals surface area contributed by atoms with Gasteiger partial charge in [0.1, 0.15) is 4.83 Å². The van der Waals surface area contributed by atoms with Gasteiger partial charge in [-0.1, -0.05) is 0 Å². The van der Waals surface area contributed by atoms with Crippen molar-refractivity contribution in [1.29, 1.82) is 0 Å². The minimum atomic E-state index is -0.212. The number of hydrogen-bond acceptors (Lipinski definition) is 5. The minimum absolute atomic E-state index is 0.0665. The molecule has 0 bridgehead atoms. The normalized spacial score (nSPS) is 19.5. The summed E-state index contributed by atoms with van der Waals surface area (Å²) < 4.78 is 7.08. The van der Waals surface area contributed by atoms with E-state index in [9.17, 15) is 9.59 Å². The number of aromatic nitrogens is 2. The van der Waals surface area contributed by atoms with Crippen LogP contribution in [0.4, 0.5) is 0 Å². The molecule has 0 saturated carbocycles.